The first-order chi connectivity index (χ1) is 13.4. The smallest absolute Gasteiger partial charge is 0.231 e. The number of aryl methyl sites for hydroxylation is 2. The number of hydrogen-bond donors (Lipinski definition) is 0. The predicted octanol–water partition coefficient (Wildman–Crippen LogP) is 5.05. The fourth-order valence-electron chi connectivity index (χ4n) is 4.23. The number of aromatic nitrogens is 2. The highest BCUT2D eigenvalue weighted by Crippen LogP contribution is 2.39. The van der Waals surface area contributed by atoms with E-state index in [2.05, 4.69) is 59.2 Å². The van der Waals surface area contributed by atoms with Gasteiger partial charge in [-0.2, -0.15) is 0 Å². The Morgan fingerprint density at radius 1 is 0.815 bits per heavy atom. The first-order valence-electron chi connectivity index (χ1n) is 9.35. The molecule has 0 unspecified atom stereocenters. The first-order valence-corrected chi connectivity index (χ1v) is 9.35. The van der Waals surface area contributed by atoms with Gasteiger partial charge in [-0.15, -0.1) is 0 Å². The molecular formula is C23H18N2O2. The summed E-state index contributed by atoms with van der Waals surface area (Å²) in [4.78, 5) is 4.78. The van der Waals surface area contributed by atoms with E-state index < -0.39 is 0 Å². The van der Waals surface area contributed by atoms with Crippen molar-refractivity contribution >= 4 is 11.0 Å². The maximum absolute atomic E-state index is 5.57. The van der Waals surface area contributed by atoms with Crippen molar-refractivity contribution < 1.29 is 9.47 Å². The van der Waals surface area contributed by atoms with Crippen LogP contribution in [-0.2, 0) is 13.0 Å². The van der Waals surface area contributed by atoms with Crippen LogP contribution in [0, 0.1) is 0 Å². The zero-order valence-electron chi connectivity index (χ0n) is 14.8. The lowest BCUT2D eigenvalue weighted by Gasteiger charge is -2.11. The van der Waals surface area contributed by atoms with Gasteiger partial charge in [0.05, 0.1) is 11.0 Å². The van der Waals surface area contributed by atoms with Crippen molar-refractivity contribution in [2.24, 2.45) is 0 Å². The van der Waals surface area contributed by atoms with Crippen LogP contribution in [0.5, 0.6) is 11.5 Å². The second-order valence-corrected chi connectivity index (χ2v) is 7.10. The molecule has 0 bridgehead atoms. The minimum Gasteiger partial charge on any atom is -0.454 e. The molecule has 0 atom stereocenters. The fraction of sp³-hybridized carbons (Fsp3) is 0.174. The van der Waals surface area contributed by atoms with Gasteiger partial charge in [-0.3, -0.25) is 0 Å². The van der Waals surface area contributed by atoms with Crippen molar-refractivity contribution in [3.05, 3.63) is 66.5 Å². The SMILES string of the molecule is c1ccc(-c2ccc3nc4n(c3c2)CCC4)c(-c2ccc3c(c2)OCO3)c1. The molecule has 0 fully saturated rings. The van der Waals surface area contributed by atoms with Gasteiger partial charge >= 0.3 is 0 Å². The van der Waals surface area contributed by atoms with Crippen LogP contribution in [0.15, 0.2) is 60.7 Å². The number of rotatable bonds is 2. The molecule has 0 saturated carbocycles. The van der Waals surface area contributed by atoms with E-state index in [4.69, 9.17) is 14.5 Å². The molecule has 0 aliphatic carbocycles. The highest BCUT2D eigenvalue weighted by atomic mass is 16.7. The van der Waals surface area contributed by atoms with Crippen LogP contribution >= 0.6 is 0 Å². The lowest BCUT2D eigenvalue weighted by Crippen LogP contribution is -1.93. The number of benzene rings is 3. The Balaban J connectivity index is 1.52. The Hall–Kier alpha value is -3.27. The Morgan fingerprint density at radius 3 is 2.48 bits per heavy atom. The van der Waals surface area contributed by atoms with Gasteiger partial charge in [-0.25, -0.2) is 4.98 Å². The topological polar surface area (TPSA) is 36.3 Å². The fourth-order valence-corrected chi connectivity index (χ4v) is 4.23. The minimum absolute atomic E-state index is 0.295. The molecule has 0 spiro atoms. The Labute approximate surface area is 157 Å². The van der Waals surface area contributed by atoms with Gasteiger partial charge in [0.1, 0.15) is 5.82 Å². The molecule has 3 heterocycles. The maximum Gasteiger partial charge on any atom is 0.231 e. The van der Waals surface area contributed by atoms with E-state index in [0.29, 0.717) is 6.79 Å². The van der Waals surface area contributed by atoms with Gasteiger partial charge in [0.2, 0.25) is 6.79 Å². The molecule has 0 saturated heterocycles. The third-order valence-electron chi connectivity index (χ3n) is 5.53. The van der Waals surface area contributed by atoms with E-state index >= 15 is 0 Å². The van der Waals surface area contributed by atoms with Crippen LogP contribution in [0.1, 0.15) is 12.2 Å². The van der Waals surface area contributed by atoms with E-state index in [9.17, 15) is 0 Å². The third-order valence-corrected chi connectivity index (χ3v) is 5.53. The summed E-state index contributed by atoms with van der Waals surface area (Å²) in [6.07, 6.45) is 2.27. The molecule has 4 heteroatoms. The standard InChI is InChI=1S/C23H18N2O2/c1-2-5-18(16-8-10-21-22(13-16)27-14-26-21)17(4-1)15-7-9-19-20(12-15)25-11-3-6-23(25)24-19/h1-2,4-5,7-10,12-13H,3,6,11,14H2. The van der Waals surface area contributed by atoms with Crippen LogP contribution in [0.25, 0.3) is 33.3 Å². The van der Waals surface area contributed by atoms with Crippen LogP contribution in [-0.4, -0.2) is 16.3 Å². The minimum atomic E-state index is 0.295. The lowest BCUT2D eigenvalue weighted by atomic mass is 9.94. The molecule has 27 heavy (non-hydrogen) atoms. The summed E-state index contributed by atoms with van der Waals surface area (Å²) in [6.45, 7) is 1.36. The average molecular weight is 354 g/mol. The molecule has 4 nitrogen and oxygen atoms in total. The summed E-state index contributed by atoms with van der Waals surface area (Å²) in [7, 11) is 0. The molecule has 6 rings (SSSR count). The predicted molar refractivity (Wildman–Crippen MR) is 105 cm³/mol. The first kappa shape index (κ1) is 14.9. The number of ether oxygens (including phenoxy) is 2. The Bertz CT molecular complexity index is 1190. The van der Waals surface area contributed by atoms with Gasteiger partial charge < -0.3 is 14.0 Å². The summed E-state index contributed by atoms with van der Waals surface area (Å²) in [5.41, 5.74) is 7.08. The van der Waals surface area contributed by atoms with Crippen LogP contribution in [0.2, 0.25) is 0 Å². The molecule has 2 aliphatic heterocycles. The van der Waals surface area contributed by atoms with E-state index in [1.165, 1.54) is 34.5 Å². The molecule has 1 aromatic heterocycles. The summed E-state index contributed by atoms with van der Waals surface area (Å²) < 4.78 is 13.4. The molecule has 0 N–H and O–H groups in total. The number of fused-ring (bicyclic) bond motifs is 4. The molecule has 0 amide bonds. The number of nitrogens with zero attached hydrogens (tertiary/aromatic N) is 2. The molecule has 0 radical (unpaired) electrons. The highest BCUT2D eigenvalue weighted by molar-refractivity contribution is 5.89. The van der Waals surface area contributed by atoms with Gasteiger partial charge in [0.15, 0.2) is 11.5 Å². The Kier molecular flexibility index (Phi) is 3.09. The highest BCUT2D eigenvalue weighted by Gasteiger charge is 2.18. The van der Waals surface area contributed by atoms with Crippen molar-refractivity contribution in [3.8, 4) is 33.8 Å². The summed E-state index contributed by atoms with van der Waals surface area (Å²) in [5, 5.41) is 0. The zero-order valence-corrected chi connectivity index (χ0v) is 14.8. The maximum atomic E-state index is 5.57. The van der Waals surface area contributed by atoms with Gasteiger partial charge in [0, 0.05) is 13.0 Å². The van der Waals surface area contributed by atoms with Crippen molar-refractivity contribution in [2.45, 2.75) is 19.4 Å². The van der Waals surface area contributed by atoms with Crippen molar-refractivity contribution in [1.82, 2.24) is 9.55 Å². The lowest BCUT2D eigenvalue weighted by molar-refractivity contribution is 0.174. The monoisotopic (exact) mass is 354 g/mol. The third kappa shape index (κ3) is 2.26. The largest absolute Gasteiger partial charge is 0.454 e. The van der Waals surface area contributed by atoms with Gasteiger partial charge in [-0.1, -0.05) is 36.4 Å². The van der Waals surface area contributed by atoms with E-state index in [1.807, 2.05) is 6.07 Å². The van der Waals surface area contributed by atoms with Crippen LogP contribution in [0.3, 0.4) is 0 Å². The Morgan fingerprint density at radius 2 is 1.59 bits per heavy atom. The zero-order chi connectivity index (χ0) is 17.8. The number of imidazole rings is 1. The van der Waals surface area contributed by atoms with Crippen molar-refractivity contribution in [1.29, 1.82) is 0 Å². The second kappa shape index (κ2) is 5.61. The summed E-state index contributed by atoms with van der Waals surface area (Å²) in [6, 6.07) is 21.3. The molecular weight excluding hydrogens is 336 g/mol. The summed E-state index contributed by atoms with van der Waals surface area (Å²) >= 11 is 0. The van der Waals surface area contributed by atoms with E-state index in [1.54, 1.807) is 0 Å². The van der Waals surface area contributed by atoms with E-state index in [0.717, 1.165) is 35.5 Å². The summed E-state index contributed by atoms with van der Waals surface area (Å²) in [5.74, 6) is 2.84. The van der Waals surface area contributed by atoms with Crippen molar-refractivity contribution in [2.75, 3.05) is 6.79 Å². The molecule has 4 aromatic rings. The van der Waals surface area contributed by atoms with Crippen molar-refractivity contribution in [3.63, 3.8) is 0 Å². The molecule has 132 valence electrons. The normalized spacial score (nSPS) is 14.7. The number of hydrogen-bond acceptors (Lipinski definition) is 3. The second-order valence-electron chi connectivity index (χ2n) is 7.10. The molecule has 2 aliphatic rings. The van der Waals surface area contributed by atoms with Gasteiger partial charge in [0.25, 0.3) is 0 Å². The molecule has 3 aromatic carbocycles. The van der Waals surface area contributed by atoms with E-state index in [-0.39, 0.29) is 0 Å². The quantitative estimate of drug-likeness (QED) is 0.506. The van der Waals surface area contributed by atoms with Gasteiger partial charge in [-0.05, 0) is 52.9 Å². The van der Waals surface area contributed by atoms with Crippen LogP contribution in [0.4, 0.5) is 0 Å². The van der Waals surface area contributed by atoms with Crippen LogP contribution < -0.4 is 9.47 Å². The average Bonchev–Trinajstić information content (AvgIpc) is 3.43.